The molecule has 1 atom stereocenters. The van der Waals surface area contributed by atoms with Crippen molar-refractivity contribution in [3.05, 3.63) is 68.7 Å². The molecule has 1 amide bonds. The second kappa shape index (κ2) is 7.59. The van der Waals surface area contributed by atoms with Crippen molar-refractivity contribution in [3.63, 3.8) is 0 Å². The van der Waals surface area contributed by atoms with E-state index < -0.39 is 0 Å². The van der Waals surface area contributed by atoms with Crippen molar-refractivity contribution >= 4 is 17.5 Å². The molecule has 0 spiro atoms. The van der Waals surface area contributed by atoms with Crippen molar-refractivity contribution in [3.8, 4) is 0 Å². The largest absolute Gasteiger partial charge is 0.289 e. The van der Waals surface area contributed by atoms with Gasteiger partial charge in [0.2, 0.25) is 5.91 Å². The topological polar surface area (TPSA) is 49.3 Å². The molecule has 0 saturated carbocycles. The highest BCUT2D eigenvalue weighted by Gasteiger charge is 2.26. The second-order valence-electron chi connectivity index (χ2n) is 6.98. The molecule has 2 aromatic rings. The van der Waals surface area contributed by atoms with Crippen LogP contribution in [0.4, 0.5) is 0 Å². The minimum Gasteiger partial charge on any atom is -0.289 e. The lowest BCUT2D eigenvalue weighted by atomic mass is 9.78. The molecule has 0 aliphatic heterocycles. The zero-order chi connectivity index (χ0) is 18.0. The first-order chi connectivity index (χ1) is 12.0. The van der Waals surface area contributed by atoms with Gasteiger partial charge in [0.1, 0.15) is 0 Å². The Morgan fingerprint density at radius 1 is 1.28 bits per heavy atom. The monoisotopic (exact) mass is 357 g/mol. The molecule has 0 heterocycles. The van der Waals surface area contributed by atoms with Crippen molar-refractivity contribution in [2.24, 2.45) is 5.92 Å². The first-order valence-corrected chi connectivity index (χ1v) is 9.16. The first-order valence-electron chi connectivity index (χ1n) is 8.78. The van der Waals surface area contributed by atoms with Crippen LogP contribution in [0.1, 0.15) is 39.8 Å². The third-order valence-electron chi connectivity index (χ3n) is 5.41. The Labute approximate surface area is 154 Å². The molecule has 1 aliphatic rings. The summed E-state index contributed by atoms with van der Waals surface area (Å²) in [6.07, 6.45) is 4.30. The summed E-state index contributed by atoms with van der Waals surface area (Å²) in [4.78, 5) is 11.8. The summed E-state index contributed by atoms with van der Waals surface area (Å²) in [5.74, 6) is -0.411. The van der Waals surface area contributed by atoms with Crippen LogP contribution in [0, 0.1) is 19.8 Å². The van der Waals surface area contributed by atoms with Gasteiger partial charge >= 0.3 is 0 Å². The number of amides is 1. The number of halogens is 1. The van der Waals surface area contributed by atoms with Crippen LogP contribution in [-0.2, 0) is 30.5 Å². The van der Waals surface area contributed by atoms with E-state index in [0.717, 1.165) is 30.7 Å². The van der Waals surface area contributed by atoms with Crippen molar-refractivity contribution in [2.45, 2.75) is 46.0 Å². The summed E-state index contributed by atoms with van der Waals surface area (Å²) in [7, 11) is 0. The van der Waals surface area contributed by atoms with Gasteiger partial charge < -0.3 is 0 Å². The fraction of sp³-hybridized carbons (Fsp3) is 0.381. The number of carbonyl (C=O) groups is 1. The predicted molar refractivity (Wildman–Crippen MR) is 100 cm³/mol. The Kier molecular flexibility index (Phi) is 5.45. The fourth-order valence-electron chi connectivity index (χ4n) is 4.00. The van der Waals surface area contributed by atoms with Crippen LogP contribution in [0.3, 0.4) is 0 Å². The molecule has 1 unspecified atom stereocenters. The molecule has 1 aliphatic carbocycles. The Balaban J connectivity index is 1.84. The van der Waals surface area contributed by atoms with E-state index in [0.29, 0.717) is 6.42 Å². The van der Waals surface area contributed by atoms with Gasteiger partial charge in [-0.05, 0) is 91.5 Å². The van der Waals surface area contributed by atoms with E-state index in [-0.39, 0.29) is 11.8 Å². The third kappa shape index (κ3) is 3.88. The van der Waals surface area contributed by atoms with E-state index in [1.165, 1.54) is 33.4 Å². The van der Waals surface area contributed by atoms with E-state index in [1.54, 1.807) is 0 Å². The quantitative estimate of drug-likeness (QED) is 0.631. The standard InChI is InChI=1S/C21H24ClNO2/c1-13-10-16-7-8-17(21(24)23-25)12-20(16)14(2)19(13)9-6-15-4-3-5-18(22)11-15/h3-5,10-11,17,25H,6-9,12H2,1-2H3,(H,23,24). The molecule has 0 radical (unpaired) electrons. The van der Waals surface area contributed by atoms with Gasteiger partial charge in [0.15, 0.2) is 0 Å². The number of aryl methyl sites for hydroxylation is 3. The van der Waals surface area contributed by atoms with Gasteiger partial charge in [-0.1, -0.05) is 29.8 Å². The molecule has 3 nitrogen and oxygen atoms in total. The molecular weight excluding hydrogens is 334 g/mol. The lowest BCUT2D eigenvalue weighted by Gasteiger charge is -2.27. The molecule has 2 N–H and O–H groups in total. The molecule has 0 fully saturated rings. The Morgan fingerprint density at radius 3 is 2.80 bits per heavy atom. The van der Waals surface area contributed by atoms with Gasteiger partial charge in [-0.2, -0.15) is 0 Å². The lowest BCUT2D eigenvalue weighted by molar-refractivity contribution is -0.133. The number of rotatable bonds is 4. The molecule has 4 heteroatoms. The van der Waals surface area contributed by atoms with Gasteiger partial charge in [0.05, 0.1) is 0 Å². The molecule has 132 valence electrons. The van der Waals surface area contributed by atoms with Crippen molar-refractivity contribution in [2.75, 3.05) is 0 Å². The fourth-order valence-corrected chi connectivity index (χ4v) is 4.21. The zero-order valence-corrected chi connectivity index (χ0v) is 15.5. The maximum absolute atomic E-state index is 11.8. The molecule has 0 aromatic heterocycles. The van der Waals surface area contributed by atoms with Gasteiger partial charge in [-0.15, -0.1) is 0 Å². The summed E-state index contributed by atoms with van der Waals surface area (Å²) in [6.45, 7) is 4.34. The van der Waals surface area contributed by atoms with Crippen LogP contribution in [0.25, 0.3) is 0 Å². The number of nitrogens with one attached hydrogen (secondary N) is 1. The summed E-state index contributed by atoms with van der Waals surface area (Å²) < 4.78 is 0. The predicted octanol–water partition coefficient (Wildman–Crippen LogP) is 4.35. The second-order valence-corrected chi connectivity index (χ2v) is 7.42. The van der Waals surface area contributed by atoms with Crippen LogP contribution in [0.15, 0.2) is 30.3 Å². The lowest BCUT2D eigenvalue weighted by Crippen LogP contribution is -2.32. The Morgan fingerprint density at radius 2 is 2.08 bits per heavy atom. The van der Waals surface area contributed by atoms with Gasteiger partial charge in [0.25, 0.3) is 0 Å². The number of hydrogen-bond acceptors (Lipinski definition) is 2. The molecule has 3 rings (SSSR count). The normalized spacial score (nSPS) is 16.4. The molecular formula is C21H24ClNO2. The maximum Gasteiger partial charge on any atom is 0.246 e. The Bertz CT molecular complexity index is 801. The van der Waals surface area contributed by atoms with Crippen LogP contribution in [0.2, 0.25) is 5.02 Å². The van der Waals surface area contributed by atoms with Crippen LogP contribution in [0.5, 0.6) is 0 Å². The van der Waals surface area contributed by atoms with E-state index in [4.69, 9.17) is 16.8 Å². The van der Waals surface area contributed by atoms with E-state index in [9.17, 15) is 4.79 Å². The van der Waals surface area contributed by atoms with E-state index in [2.05, 4.69) is 26.0 Å². The highest BCUT2D eigenvalue weighted by Crippen LogP contribution is 2.32. The smallest absolute Gasteiger partial charge is 0.246 e. The molecule has 0 bridgehead atoms. The van der Waals surface area contributed by atoms with Crippen molar-refractivity contribution in [1.82, 2.24) is 5.48 Å². The van der Waals surface area contributed by atoms with Crippen molar-refractivity contribution < 1.29 is 10.0 Å². The summed E-state index contributed by atoms with van der Waals surface area (Å²) >= 11 is 6.09. The Hall–Kier alpha value is -1.84. The van der Waals surface area contributed by atoms with Crippen LogP contribution >= 0.6 is 11.6 Å². The minimum absolute atomic E-state index is 0.139. The highest BCUT2D eigenvalue weighted by molar-refractivity contribution is 6.30. The number of carbonyl (C=O) groups excluding carboxylic acids is 1. The third-order valence-corrected chi connectivity index (χ3v) is 5.64. The van der Waals surface area contributed by atoms with E-state index >= 15 is 0 Å². The maximum atomic E-state index is 11.8. The first kappa shape index (κ1) is 18.0. The molecule has 2 aromatic carbocycles. The van der Waals surface area contributed by atoms with Gasteiger partial charge in [0, 0.05) is 10.9 Å². The summed E-state index contributed by atoms with van der Waals surface area (Å²) in [5.41, 5.74) is 9.67. The average Bonchev–Trinajstić information content (AvgIpc) is 2.60. The average molecular weight is 358 g/mol. The number of hydroxylamine groups is 1. The summed E-state index contributed by atoms with van der Waals surface area (Å²) in [6, 6.07) is 10.3. The van der Waals surface area contributed by atoms with Crippen LogP contribution in [-0.4, -0.2) is 11.1 Å². The number of fused-ring (bicyclic) bond motifs is 1. The number of hydrogen-bond donors (Lipinski definition) is 2. The highest BCUT2D eigenvalue weighted by atomic mass is 35.5. The van der Waals surface area contributed by atoms with E-state index in [1.807, 2.05) is 23.7 Å². The summed E-state index contributed by atoms with van der Waals surface area (Å²) in [5, 5.41) is 9.70. The van der Waals surface area contributed by atoms with Gasteiger partial charge in [-0.25, -0.2) is 5.48 Å². The molecule has 25 heavy (non-hydrogen) atoms. The van der Waals surface area contributed by atoms with Gasteiger partial charge in [-0.3, -0.25) is 10.0 Å². The molecule has 0 saturated heterocycles. The van der Waals surface area contributed by atoms with Crippen LogP contribution < -0.4 is 5.48 Å². The SMILES string of the molecule is Cc1cc2c(c(C)c1CCc1cccc(Cl)c1)CC(C(=O)NO)CC2. The minimum atomic E-state index is -0.272. The zero-order valence-electron chi connectivity index (χ0n) is 14.7. The number of benzene rings is 2. The van der Waals surface area contributed by atoms with Crippen molar-refractivity contribution in [1.29, 1.82) is 0 Å².